The Morgan fingerprint density at radius 1 is 0.963 bits per heavy atom. The Hall–Kier alpha value is -5.74. The lowest BCUT2D eigenvalue weighted by Crippen LogP contribution is -2.23. The van der Waals surface area contributed by atoms with Crippen LogP contribution in [-0.2, 0) is 16.0 Å². The molecule has 4 rings (SSSR count). The largest absolute Gasteiger partial charge is 0.507 e. The number of hydrogen-bond donors (Lipinski definition) is 6. The minimum Gasteiger partial charge on any atom is -0.507 e. The average molecular weight is 732 g/mol. The van der Waals surface area contributed by atoms with Gasteiger partial charge in [0, 0.05) is 55.5 Å². The SMILES string of the molecule is CCC(/C=C/CC(=O)NCCCc1ccccc1)=C\C=C(/CC)c1nc(-c2ccc(N(CC)CC)cc2O)[nH]c1-c1ccc(C(=N)CC(O)C(=O)O)cc1. The monoisotopic (exact) mass is 731 g/mol. The van der Waals surface area contributed by atoms with Crippen molar-refractivity contribution >= 4 is 28.8 Å². The number of aromatic amines is 1. The molecule has 0 saturated heterocycles. The van der Waals surface area contributed by atoms with Crippen LogP contribution in [0.4, 0.5) is 5.69 Å². The summed E-state index contributed by atoms with van der Waals surface area (Å²) in [6.07, 6.45) is 9.50. The van der Waals surface area contributed by atoms with E-state index in [-0.39, 0.29) is 23.8 Å². The van der Waals surface area contributed by atoms with E-state index < -0.39 is 12.1 Å². The topological polar surface area (TPSA) is 163 Å². The number of carboxylic acids is 1. The molecule has 10 nitrogen and oxygen atoms in total. The summed E-state index contributed by atoms with van der Waals surface area (Å²) < 4.78 is 0. The number of carbonyl (C=O) groups is 2. The highest BCUT2D eigenvalue weighted by atomic mass is 16.4. The minimum atomic E-state index is -1.65. The molecule has 1 amide bonds. The lowest BCUT2D eigenvalue weighted by Gasteiger charge is -2.21. The molecular weight excluding hydrogens is 679 g/mol. The third-order valence-corrected chi connectivity index (χ3v) is 9.31. The molecule has 1 unspecified atom stereocenters. The van der Waals surface area contributed by atoms with Crippen molar-refractivity contribution in [3.63, 3.8) is 0 Å². The normalized spacial score (nSPS) is 12.5. The molecule has 0 saturated carbocycles. The number of imidazole rings is 1. The van der Waals surface area contributed by atoms with Gasteiger partial charge < -0.3 is 35.9 Å². The second kappa shape index (κ2) is 20.5. The molecule has 1 aromatic heterocycles. The van der Waals surface area contributed by atoms with Crippen LogP contribution in [0.1, 0.15) is 76.6 Å². The number of anilines is 1. The maximum atomic E-state index is 12.5. The summed E-state index contributed by atoms with van der Waals surface area (Å²) in [7, 11) is 0. The number of H-pyrrole nitrogens is 1. The van der Waals surface area contributed by atoms with Crippen molar-refractivity contribution in [2.24, 2.45) is 0 Å². The van der Waals surface area contributed by atoms with E-state index in [9.17, 15) is 19.8 Å². The summed E-state index contributed by atoms with van der Waals surface area (Å²) in [5, 5.41) is 41.3. The Labute approximate surface area is 318 Å². The maximum Gasteiger partial charge on any atom is 0.332 e. The molecule has 0 bridgehead atoms. The van der Waals surface area contributed by atoms with Crippen LogP contribution in [0.25, 0.3) is 28.2 Å². The molecule has 0 aliphatic carbocycles. The molecule has 0 fully saturated rings. The fourth-order valence-corrected chi connectivity index (χ4v) is 6.10. The molecule has 0 spiro atoms. The van der Waals surface area contributed by atoms with E-state index in [1.807, 2.05) is 66.8 Å². The van der Waals surface area contributed by atoms with Crippen LogP contribution in [-0.4, -0.2) is 68.6 Å². The van der Waals surface area contributed by atoms with E-state index >= 15 is 0 Å². The van der Waals surface area contributed by atoms with Crippen LogP contribution in [0, 0.1) is 5.41 Å². The van der Waals surface area contributed by atoms with Gasteiger partial charge in [-0.1, -0.05) is 92.7 Å². The summed E-state index contributed by atoms with van der Waals surface area (Å²) >= 11 is 0. The number of phenols is 1. The number of aliphatic hydroxyl groups is 1. The molecule has 1 heterocycles. The van der Waals surface area contributed by atoms with Crippen LogP contribution in [0.15, 0.2) is 103 Å². The molecule has 6 N–H and O–H groups in total. The van der Waals surface area contributed by atoms with Crippen LogP contribution < -0.4 is 10.2 Å². The van der Waals surface area contributed by atoms with Gasteiger partial charge in [0.25, 0.3) is 0 Å². The number of amides is 1. The number of hydrogen-bond acceptors (Lipinski definition) is 7. The first-order valence-corrected chi connectivity index (χ1v) is 18.7. The van der Waals surface area contributed by atoms with Gasteiger partial charge in [-0.25, -0.2) is 9.78 Å². The smallest absolute Gasteiger partial charge is 0.332 e. The summed E-state index contributed by atoms with van der Waals surface area (Å²) in [4.78, 5) is 34.2. The van der Waals surface area contributed by atoms with Gasteiger partial charge in [0.1, 0.15) is 11.6 Å². The third kappa shape index (κ3) is 11.4. The molecule has 0 radical (unpaired) electrons. The molecular formula is C44H53N5O5. The fourth-order valence-electron chi connectivity index (χ4n) is 6.10. The Kier molecular flexibility index (Phi) is 15.6. The summed E-state index contributed by atoms with van der Waals surface area (Å²) in [5.41, 5.74) is 7.45. The highest BCUT2D eigenvalue weighted by Gasteiger charge is 2.20. The summed E-state index contributed by atoms with van der Waals surface area (Å²) in [6.45, 7) is 10.5. The van der Waals surface area contributed by atoms with E-state index in [1.165, 1.54) is 5.56 Å². The van der Waals surface area contributed by atoms with Crippen LogP contribution in [0.2, 0.25) is 0 Å². The number of rotatable bonds is 20. The number of aryl methyl sites for hydroxylation is 1. The van der Waals surface area contributed by atoms with Crippen molar-refractivity contribution in [3.05, 3.63) is 119 Å². The van der Waals surface area contributed by atoms with Crippen LogP contribution in [0.3, 0.4) is 0 Å². The van der Waals surface area contributed by atoms with Gasteiger partial charge in [-0.2, -0.15) is 0 Å². The van der Waals surface area contributed by atoms with Gasteiger partial charge in [-0.3, -0.25) is 4.79 Å². The number of aromatic hydroxyl groups is 1. The maximum absolute atomic E-state index is 12.5. The Morgan fingerprint density at radius 3 is 2.31 bits per heavy atom. The number of benzene rings is 3. The number of phenolic OH excluding ortho intramolecular Hbond substituents is 1. The fraction of sp³-hybridized carbons (Fsp3) is 0.318. The number of carbonyl (C=O) groups excluding carboxylic acids is 1. The van der Waals surface area contributed by atoms with E-state index in [4.69, 9.17) is 15.5 Å². The molecule has 0 aliphatic rings. The zero-order valence-electron chi connectivity index (χ0n) is 31.7. The first-order valence-electron chi connectivity index (χ1n) is 18.7. The van der Waals surface area contributed by atoms with Crippen LogP contribution in [0.5, 0.6) is 5.75 Å². The number of nitrogens with zero attached hydrogens (tertiary/aromatic N) is 2. The zero-order valence-corrected chi connectivity index (χ0v) is 31.7. The number of carboxylic acid groups (broad SMARTS) is 1. The first kappa shape index (κ1) is 41.0. The van der Waals surface area contributed by atoms with Crippen molar-refractivity contribution < 1.29 is 24.9 Å². The predicted octanol–water partition coefficient (Wildman–Crippen LogP) is 8.32. The van der Waals surface area contributed by atoms with Crippen molar-refractivity contribution in [3.8, 4) is 28.4 Å². The lowest BCUT2D eigenvalue weighted by molar-refractivity contribution is -0.146. The predicted molar refractivity (Wildman–Crippen MR) is 218 cm³/mol. The van der Waals surface area contributed by atoms with E-state index in [0.717, 1.165) is 60.4 Å². The quantitative estimate of drug-likeness (QED) is 0.0303. The van der Waals surface area contributed by atoms with Crippen molar-refractivity contribution in [1.82, 2.24) is 15.3 Å². The molecule has 0 aliphatic heterocycles. The van der Waals surface area contributed by atoms with Crippen LogP contribution >= 0.6 is 0 Å². The van der Waals surface area contributed by atoms with E-state index in [0.29, 0.717) is 42.0 Å². The highest BCUT2D eigenvalue weighted by Crippen LogP contribution is 2.36. The summed E-state index contributed by atoms with van der Waals surface area (Å²) in [6, 6.07) is 22.9. The molecule has 4 aromatic rings. The molecule has 1 atom stereocenters. The second-order valence-electron chi connectivity index (χ2n) is 13.0. The number of nitrogens with one attached hydrogen (secondary N) is 3. The lowest BCUT2D eigenvalue weighted by atomic mass is 9.99. The molecule has 10 heteroatoms. The van der Waals surface area contributed by atoms with Crippen molar-refractivity contribution in [2.75, 3.05) is 24.5 Å². The highest BCUT2D eigenvalue weighted by molar-refractivity contribution is 6.00. The Bertz CT molecular complexity index is 1960. The van der Waals surface area contributed by atoms with Crippen molar-refractivity contribution in [1.29, 1.82) is 5.41 Å². The van der Waals surface area contributed by atoms with E-state index in [2.05, 4.69) is 55.0 Å². The van der Waals surface area contributed by atoms with Gasteiger partial charge in [0.15, 0.2) is 6.10 Å². The molecule has 3 aromatic carbocycles. The Morgan fingerprint density at radius 2 is 1.69 bits per heavy atom. The number of allylic oxidation sites excluding steroid dienone is 5. The second-order valence-corrected chi connectivity index (χ2v) is 13.0. The van der Waals surface area contributed by atoms with Gasteiger partial charge in [-0.05, 0) is 73.9 Å². The third-order valence-electron chi connectivity index (χ3n) is 9.31. The first-order chi connectivity index (χ1) is 26.1. The zero-order chi connectivity index (χ0) is 39.0. The average Bonchev–Trinajstić information content (AvgIpc) is 3.61. The standard InChI is InChI=1S/C44H53N5O5/c1-5-30(16-12-18-40(52)46-27-13-17-31-14-10-9-11-15-31)19-20-32(6-2)41-42(34-23-21-33(22-24-34)37(45)29-39(51)44(53)54)48-43(47-41)36-26-25-35(28-38(36)50)49(7-3)8-4/h9-12,14-16,19-26,28,39,45,50-51H,5-8,13,17-18,27,29H2,1-4H3,(H,46,52)(H,47,48)(H,53,54)/b16-12+,30-19+,32-20+,45-37?. The van der Waals surface area contributed by atoms with Gasteiger partial charge in [-0.15, -0.1) is 0 Å². The van der Waals surface area contributed by atoms with Gasteiger partial charge >= 0.3 is 5.97 Å². The molecule has 284 valence electrons. The molecule has 54 heavy (non-hydrogen) atoms. The minimum absolute atomic E-state index is 0.0131. The van der Waals surface area contributed by atoms with E-state index in [1.54, 1.807) is 18.2 Å². The summed E-state index contributed by atoms with van der Waals surface area (Å²) in [5.74, 6) is -0.781. The van der Waals surface area contributed by atoms with Gasteiger partial charge in [0.2, 0.25) is 5.91 Å². The Balaban J connectivity index is 1.59. The number of aliphatic hydroxyl groups excluding tert-OH is 1. The van der Waals surface area contributed by atoms with Crippen molar-refractivity contribution in [2.45, 2.75) is 72.3 Å². The van der Waals surface area contributed by atoms with Gasteiger partial charge in [0.05, 0.1) is 17.0 Å². The number of aromatic nitrogens is 2. The number of aliphatic carboxylic acids is 1.